The van der Waals surface area contributed by atoms with Gasteiger partial charge in [0, 0.05) is 18.6 Å². The molecule has 15 heavy (non-hydrogen) atoms. The van der Waals surface area contributed by atoms with Crippen molar-refractivity contribution >= 4 is 10.4 Å². The molecule has 0 atom stereocenters. The van der Waals surface area contributed by atoms with Crippen molar-refractivity contribution in [2.45, 2.75) is 20.3 Å². The second kappa shape index (κ2) is 5.79. The second-order valence-electron chi connectivity index (χ2n) is 3.07. The Morgan fingerprint density at radius 1 is 1.47 bits per heavy atom. The molecular weight excluding hydrogens is 218 g/mol. The smallest absolute Gasteiger partial charge is 0.215 e. The quantitative estimate of drug-likeness (QED) is 0.432. The van der Waals surface area contributed by atoms with Gasteiger partial charge in [0.15, 0.2) is 11.9 Å². The van der Waals surface area contributed by atoms with Gasteiger partial charge in [-0.25, -0.2) is 13.0 Å². The minimum atomic E-state index is -4.92. The summed E-state index contributed by atoms with van der Waals surface area (Å²) in [6, 6.07) is 4.33. The van der Waals surface area contributed by atoms with Crippen LogP contribution in [0.5, 0.6) is 0 Å². The van der Waals surface area contributed by atoms with Gasteiger partial charge in [-0.05, 0) is 12.5 Å². The molecule has 0 amide bonds. The Kier molecular flexibility index (Phi) is 5.41. The van der Waals surface area contributed by atoms with E-state index in [9.17, 15) is 0 Å². The summed E-state index contributed by atoms with van der Waals surface area (Å²) in [6.07, 6.45) is 3.30. The van der Waals surface area contributed by atoms with E-state index in [1.165, 1.54) is 11.3 Å². The van der Waals surface area contributed by atoms with Crippen LogP contribution in [0, 0.1) is 6.92 Å². The SMILES string of the molecule is CCc1ccc(C)[n+](C)c1.O=S(=O)([O-])O. The molecule has 1 aromatic rings. The Morgan fingerprint density at radius 2 is 1.93 bits per heavy atom. The second-order valence-corrected chi connectivity index (χ2v) is 3.93. The zero-order valence-electron chi connectivity index (χ0n) is 8.97. The molecule has 0 aromatic carbocycles. The summed E-state index contributed by atoms with van der Waals surface area (Å²) in [5.74, 6) is 0. The minimum Gasteiger partial charge on any atom is -0.726 e. The van der Waals surface area contributed by atoms with Crippen molar-refractivity contribution in [2.24, 2.45) is 7.05 Å². The van der Waals surface area contributed by atoms with E-state index in [-0.39, 0.29) is 0 Å². The number of aromatic nitrogens is 1. The number of pyridine rings is 1. The van der Waals surface area contributed by atoms with Gasteiger partial charge >= 0.3 is 0 Å². The predicted molar refractivity (Wildman–Crippen MR) is 54.1 cm³/mol. The molecule has 0 spiro atoms. The van der Waals surface area contributed by atoms with E-state index < -0.39 is 10.4 Å². The van der Waals surface area contributed by atoms with Crippen molar-refractivity contribution < 1.29 is 22.1 Å². The highest BCUT2D eigenvalue weighted by Gasteiger charge is 1.99. The fourth-order valence-electron chi connectivity index (χ4n) is 0.948. The molecule has 0 aliphatic rings. The van der Waals surface area contributed by atoms with Gasteiger partial charge in [-0.1, -0.05) is 6.92 Å². The normalized spacial score (nSPS) is 10.5. The molecule has 5 nitrogen and oxygen atoms in total. The molecule has 1 heterocycles. The highest BCUT2D eigenvalue weighted by atomic mass is 32.3. The molecular formula is C9H15NO4S. The Balaban J connectivity index is 0.000000336. The van der Waals surface area contributed by atoms with Crippen molar-refractivity contribution in [1.82, 2.24) is 0 Å². The van der Waals surface area contributed by atoms with Crippen molar-refractivity contribution in [1.29, 1.82) is 0 Å². The van der Waals surface area contributed by atoms with E-state index in [0.29, 0.717) is 0 Å². The highest BCUT2D eigenvalue weighted by Crippen LogP contribution is 1.96. The molecule has 0 aliphatic heterocycles. The monoisotopic (exact) mass is 233 g/mol. The van der Waals surface area contributed by atoms with Gasteiger partial charge < -0.3 is 4.55 Å². The van der Waals surface area contributed by atoms with Crippen LogP contribution in [0.3, 0.4) is 0 Å². The summed E-state index contributed by atoms with van der Waals surface area (Å²) in [7, 11) is -2.84. The largest absolute Gasteiger partial charge is 0.726 e. The number of hydrogen-bond donors (Lipinski definition) is 1. The lowest BCUT2D eigenvalue weighted by molar-refractivity contribution is -0.678. The van der Waals surface area contributed by atoms with Crippen molar-refractivity contribution in [2.75, 3.05) is 0 Å². The summed E-state index contributed by atoms with van der Waals surface area (Å²) in [5.41, 5.74) is 2.70. The van der Waals surface area contributed by atoms with E-state index >= 15 is 0 Å². The van der Waals surface area contributed by atoms with Crippen LogP contribution in [-0.4, -0.2) is 17.5 Å². The topological polar surface area (TPSA) is 81.3 Å². The van der Waals surface area contributed by atoms with Crippen molar-refractivity contribution in [3.63, 3.8) is 0 Å². The zero-order chi connectivity index (χ0) is 12.1. The van der Waals surface area contributed by atoms with E-state index in [1.807, 2.05) is 0 Å². The fraction of sp³-hybridized carbons (Fsp3) is 0.444. The third-order valence-electron chi connectivity index (χ3n) is 1.86. The van der Waals surface area contributed by atoms with Crippen molar-refractivity contribution in [3.05, 3.63) is 29.6 Å². The van der Waals surface area contributed by atoms with Crippen LogP contribution in [0.1, 0.15) is 18.2 Å². The molecule has 1 aromatic heterocycles. The Bertz CT molecular complexity index is 406. The Morgan fingerprint density at radius 3 is 2.27 bits per heavy atom. The molecule has 0 radical (unpaired) electrons. The number of aryl methyl sites for hydroxylation is 3. The maximum Gasteiger partial charge on any atom is 0.215 e. The first-order valence-corrected chi connectivity index (χ1v) is 5.74. The van der Waals surface area contributed by atoms with Gasteiger partial charge in [-0.15, -0.1) is 0 Å². The molecule has 0 saturated heterocycles. The van der Waals surface area contributed by atoms with Crippen LogP contribution >= 0.6 is 0 Å². The van der Waals surface area contributed by atoms with Crippen molar-refractivity contribution in [3.8, 4) is 0 Å². The molecule has 0 bridgehead atoms. The van der Waals surface area contributed by atoms with E-state index in [2.05, 4.69) is 43.8 Å². The Labute approximate surface area is 90.0 Å². The molecule has 0 saturated carbocycles. The molecule has 0 fully saturated rings. The average molecular weight is 233 g/mol. The fourth-order valence-corrected chi connectivity index (χ4v) is 0.948. The summed E-state index contributed by atoms with van der Waals surface area (Å²) in [4.78, 5) is 0. The van der Waals surface area contributed by atoms with Crippen LogP contribution in [0.2, 0.25) is 0 Å². The van der Waals surface area contributed by atoms with Crippen LogP contribution in [0.4, 0.5) is 0 Å². The third kappa shape index (κ3) is 8.04. The van der Waals surface area contributed by atoms with Gasteiger partial charge in [0.1, 0.15) is 7.05 Å². The van der Waals surface area contributed by atoms with E-state index in [1.54, 1.807) is 0 Å². The van der Waals surface area contributed by atoms with Gasteiger partial charge in [0.05, 0.1) is 0 Å². The number of rotatable bonds is 1. The lowest BCUT2D eigenvalue weighted by atomic mass is 10.2. The number of nitrogens with zero attached hydrogens (tertiary/aromatic N) is 1. The summed E-state index contributed by atoms with van der Waals surface area (Å²) < 4.78 is 35.0. The molecule has 86 valence electrons. The van der Waals surface area contributed by atoms with Crippen LogP contribution in [0.15, 0.2) is 18.3 Å². The lowest BCUT2D eigenvalue weighted by Crippen LogP contribution is -2.31. The third-order valence-corrected chi connectivity index (χ3v) is 1.86. The first-order valence-electron chi connectivity index (χ1n) is 4.37. The predicted octanol–water partition coefficient (Wildman–Crippen LogP) is 0.387. The maximum atomic E-state index is 8.63. The van der Waals surface area contributed by atoms with Gasteiger partial charge in [0.2, 0.25) is 10.4 Å². The Hall–Kier alpha value is -0.980. The molecule has 6 heteroatoms. The van der Waals surface area contributed by atoms with E-state index in [0.717, 1.165) is 6.42 Å². The molecule has 0 aliphatic carbocycles. The molecule has 1 rings (SSSR count). The summed E-state index contributed by atoms with van der Waals surface area (Å²) in [5, 5.41) is 0. The lowest BCUT2D eigenvalue weighted by Gasteiger charge is -1.95. The van der Waals surface area contributed by atoms with Gasteiger partial charge in [-0.3, -0.25) is 4.55 Å². The standard InChI is InChI=1S/C9H14N.H2O4S/c1-4-9-6-5-8(2)10(3)7-9;1-5(2,3)4/h5-7H,4H2,1-3H3;(H2,1,2,3,4)/q+1;/p-1. The first-order chi connectivity index (χ1) is 6.74. The van der Waals surface area contributed by atoms with Gasteiger partial charge in [-0.2, -0.15) is 0 Å². The zero-order valence-corrected chi connectivity index (χ0v) is 9.78. The molecule has 0 unspecified atom stereocenters. The summed E-state index contributed by atoms with van der Waals surface area (Å²) in [6.45, 7) is 4.28. The van der Waals surface area contributed by atoms with Gasteiger partial charge in [0.25, 0.3) is 0 Å². The van der Waals surface area contributed by atoms with Crippen LogP contribution in [0.25, 0.3) is 0 Å². The minimum absolute atomic E-state index is 1.12. The summed E-state index contributed by atoms with van der Waals surface area (Å²) >= 11 is 0. The van der Waals surface area contributed by atoms with E-state index in [4.69, 9.17) is 17.5 Å². The number of hydrogen-bond acceptors (Lipinski definition) is 3. The first kappa shape index (κ1) is 14.0. The molecule has 1 N–H and O–H groups in total. The maximum absolute atomic E-state index is 8.63. The van der Waals surface area contributed by atoms with Crippen LogP contribution in [-0.2, 0) is 23.9 Å². The van der Waals surface area contributed by atoms with Crippen LogP contribution < -0.4 is 4.57 Å². The average Bonchev–Trinajstić information content (AvgIpc) is 2.07. The highest BCUT2D eigenvalue weighted by molar-refractivity contribution is 7.79.